The predicted octanol–water partition coefficient (Wildman–Crippen LogP) is 4.62. The van der Waals surface area contributed by atoms with Crippen molar-refractivity contribution in [2.75, 3.05) is 17.1 Å². The van der Waals surface area contributed by atoms with Gasteiger partial charge in [-0.15, -0.1) is 11.3 Å². The lowest BCUT2D eigenvalue weighted by Gasteiger charge is -2.13. The summed E-state index contributed by atoms with van der Waals surface area (Å²) in [5.74, 6) is -0.635. The van der Waals surface area contributed by atoms with Crippen molar-refractivity contribution in [2.24, 2.45) is 0 Å². The smallest absolute Gasteiger partial charge is 0.275 e. The molecular formula is C22H18ClN5O4S2. The van der Waals surface area contributed by atoms with Gasteiger partial charge in [0.2, 0.25) is 5.88 Å². The number of hydrogen-bond donors (Lipinski definition) is 2. The summed E-state index contributed by atoms with van der Waals surface area (Å²) >= 11 is 7.18. The molecule has 0 radical (unpaired) electrons. The van der Waals surface area contributed by atoms with Crippen LogP contribution in [0.25, 0.3) is 10.6 Å². The Kier molecular flexibility index (Phi) is 6.77. The lowest BCUT2D eigenvalue weighted by atomic mass is 10.2. The summed E-state index contributed by atoms with van der Waals surface area (Å²) in [5, 5.41) is 5.19. The van der Waals surface area contributed by atoms with Crippen molar-refractivity contribution in [1.82, 2.24) is 15.0 Å². The topological polar surface area (TPSA) is 123 Å². The van der Waals surface area contributed by atoms with E-state index in [1.807, 2.05) is 30.3 Å². The lowest BCUT2D eigenvalue weighted by Crippen LogP contribution is -2.17. The summed E-state index contributed by atoms with van der Waals surface area (Å²) in [6.45, 7) is 1.62. The van der Waals surface area contributed by atoms with Gasteiger partial charge in [0.15, 0.2) is 4.90 Å². The Morgan fingerprint density at radius 1 is 1.12 bits per heavy atom. The Labute approximate surface area is 204 Å². The average Bonchev–Trinajstić information content (AvgIpc) is 3.32. The molecule has 0 saturated carbocycles. The number of anilines is 2. The minimum Gasteiger partial charge on any atom is -0.480 e. The van der Waals surface area contributed by atoms with Crippen molar-refractivity contribution in [1.29, 1.82) is 0 Å². The SMILES string of the molecule is COc1ncc(NC(=O)c2csc(-c3ccccc3)n2)cc1S(=O)(=O)Nc1ccc(Cl)nc1C. The van der Waals surface area contributed by atoms with Gasteiger partial charge in [-0.2, -0.15) is 0 Å². The molecule has 3 aromatic heterocycles. The molecule has 9 nitrogen and oxygen atoms in total. The highest BCUT2D eigenvalue weighted by Crippen LogP contribution is 2.28. The molecule has 3 heterocycles. The molecule has 2 N–H and O–H groups in total. The molecule has 0 saturated heterocycles. The van der Waals surface area contributed by atoms with E-state index in [-0.39, 0.29) is 33.0 Å². The van der Waals surface area contributed by atoms with Gasteiger partial charge in [-0.3, -0.25) is 9.52 Å². The van der Waals surface area contributed by atoms with E-state index in [4.69, 9.17) is 16.3 Å². The fourth-order valence-corrected chi connectivity index (χ4v) is 5.23. The number of rotatable bonds is 7. The number of aryl methyl sites for hydroxylation is 1. The minimum atomic E-state index is -4.13. The number of methoxy groups -OCH3 is 1. The van der Waals surface area contributed by atoms with Gasteiger partial charge in [-0.25, -0.2) is 23.4 Å². The molecule has 0 bridgehead atoms. The summed E-state index contributed by atoms with van der Waals surface area (Å²) in [6.07, 6.45) is 1.30. The van der Waals surface area contributed by atoms with Crippen molar-refractivity contribution in [3.05, 3.63) is 76.6 Å². The number of benzene rings is 1. The molecule has 0 fully saturated rings. The molecule has 12 heteroatoms. The first kappa shape index (κ1) is 23.6. The second-order valence-corrected chi connectivity index (χ2v) is 9.86. The first-order valence-corrected chi connectivity index (χ1v) is 12.5. The third-order valence-corrected chi connectivity index (χ3v) is 7.07. The zero-order valence-electron chi connectivity index (χ0n) is 17.9. The number of thiazole rings is 1. The predicted molar refractivity (Wildman–Crippen MR) is 131 cm³/mol. The maximum atomic E-state index is 13.1. The van der Waals surface area contributed by atoms with Gasteiger partial charge < -0.3 is 10.1 Å². The standard InChI is InChI=1S/C22H18ClN5O4S2/c1-13-16(8-9-19(23)25-13)28-34(30,31)18-10-15(11-24-21(18)32-2)26-20(29)17-12-33-22(27-17)14-6-4-3-5-7-14/h3-12,28H,1-2H3,(H,26,29). The van der Waals surface area contributed by atoms with Crippen LogP contribution in [-0.4, -0.2) is 36.4 Å². The zero-order valence-corrected chi connectivity index (χ0v) is 20.3. The van der Waals surface area contributed by atoms with E-state index < -0.39 is 15.9 Å². The Hall–Kier alpha value is -3.54. The molecule has 0 aliphatic carbocycles. The summed E-state index contributed by atoms with van der Waals surface area (Å²) < 4.78 is 33.7. The molecule has 0 aliphatic rings. The second kappa shape index (κ2) is 9.75. The Morgan fingerprint density at radius 2 is 1.88 bits per heavy atom. The molecule has 0 unspecified atom stereocenters. The number of ether oxygens (including phenoxy) is 1. The van der Waals surface area contributed by atoms with Gasteiger partial charge in [0.05, 0.1) is 30.4 Å². The molecule has 4 rings (SSSR count). The van der Waals surface area contributed by atoms with Gasteiger partial charge in [-0.05, 0) is 25.1 Å². The van der Waals surface area contributed by atoms with Crippen molar-refractivity contribution in [2.45, 2.75) is 11.8 Å². The Balaban J connectivity index is 1.59. The zero-order chi connectivity index (χ0) is 24.3. The van der Waals surface area contributed by atoms with Crippen LogP contribution in [0.4, 0.5) is 11.4 Å². The van der Waals surface area contributed by atoms with Crippen LogP contribution in [0.1, 0.15) is 16.2 Å². The van der Waals surface area contributed by atoms with E-state index in [1.165, 1.54) is 42.8 Å². The van der Waals surface area contributed by atoms with Crippen LogP contribution < -0.4 is 14.8 Å². The average molecular weight is 516 g/mol. The van der Waals surface area contributed by atoms with Crippen LogP contribution in [0.15, 0.2) is 65.0 Å². The number of carbonyl (C=O) groups excluding carboxylic acids is 1. The monoisotopic (exact) mass is 515 g/mol. The van der Waals surface area contributed by atoms with Gasteiger partial charge in [-0.1, -0.05) is 41.9 Å². The maximum Gasteiger partial charge on any atom is 0.275 e. The van der Waals surface area contributed by atoms with E-state index in [2.05, 4.69) is 25.0 Å². The number of hydrogen-bond acceptors (Lipinski definition) is 8. The fourth-order valence-electron chi connectivity index (χ4n) is 2.97. The summed E-state index contributed by atoms with van der Waals surface area (Å²) in [5.41, 5.74) is 1.89. The number of amides is 1. The minimum absolute atomic E-state index is 0.134. The summed E-state index contributed by atoms with van der Waals surface area (Å²) in [6, 6.07) is 13.7. The molecule has 1 aromatic carbocycles. The Bertz CT molecular complexity index is 1460. The summed E-state index contributed by atoms with van der Waals surface area (Å²) in [4.78, 5) is 24.9. The van der Waals surface area contributed by atoms with E-state index >= 15 is 0 Å². The number of sulfonamides is 1. The molecule has 1 amide bonds. The van der Waals surface area contributed by atoms with Crippen molar-refractivity contribution < 1.29 is 17.9 Å². The third-order valence-electron chi connectivity index (χ3n) is 4.61. The number of halogens is 1. The van der Waals surface area contributed by atoms with Crippen LogP contribution in [-0.2, 0) is 10.0 Å². The van der Waals surface area contributed by atoms with Crippen LogP contribution >= 0.6 is 22.9 Å². The first-order chi connectivity index (χ1) is 16.3. The van der Waals surface area contributed by atoms with E-state index in [0.717, 1.165) is 5.56 Å². The molecule has 34 heavy (non-hydrogen) atoms. The highest BCUT2D eigenvalue weighted by molar-refractivity contribution is 7.92. The largest absolute Gasteiger partial charge is 0.480 e. The normalized spacial score (nSPS) is 11.1. The van der Waals surface area contributed by atoms with Crippen LogP contribution in [0, 0.1) is 6.92 Å². The molecule has 174 valence electrons. The number of nitrogens with zero attached hydrogens (tertiary/aromatic N) is 3. The van der Waals surface area contributed by atoms with Gasteiger partial charge >= 0.3 is 0 Å². The van der Waals surface area contributed by atoms with Crippen LogP contribution in [0.2, 0.25) is 5.15 Å². The van der Waals surface area contributed by atoms with Gasteiger partial charge in [0, 0.05) is 10.9 Å². The number of nitrogens with one attached hydrogen (secondary N) is 2. The molecule has 0 spiro atoms. The van der Waals surface area contributed by atoms with Crippen molar-refractivity contribution in [3.8, 4) is 16.5 Å². The van der Waals surface area contributed by atoms with Crippen LogP contribution in [0.5, 0.6) is 5.88 Å². The molecule has 0 atom stereocenters. The summed E-state index contributed by atoms with van der Waals surface area (Å²) in [7, 11) is -2.83. The number of aromatic nitrogens is 3. The molecule has 4 aromatic rings. The first-order valence-electron chi connectivity index (χ1n) is 9.79. The number of carbonyl (C=O) groups is 1. The lowest BCUT2D eigenvalue weighted by molar-refractivity contribution is 0.102. The second-order valence-electron chi connectivity index (χ2n) is 6.96. The van der Waals surface area contributed by atoms with Gasteiger partial charge in [0.1, 0.15) is 15.9 Å². The van der Waals surface area contributed by atoms with Crippen LogP contribution in [0.3, 0.4) is 0 Å². The Morgan fingerprint density at radius 3 is 2.59 bits per heavy atom. The third kappa shape index (κ3) is 5.16. The van der Waals surface area contributed by atoms with E-state index in [1.54, 1.807) is 12.3 Å². The maximum absolute atomic E-state index is 13.1. The van der Waals surface area contributed by atoms with E-state index in [9.17, 15) is 13.2 Å². The molecule has 0 aliphatic heterocycles. The highest BCUT2D eigenvalue weighted by Gasteiger charge is 2.23. The highest BCUT2D eigenvalue weighted by atomic mass is 35.5. The number of pyridine rings is 2. The molecular weight excluding hydrogens is 498 g/mol. The quantitative estimate of drug-likeness (QED) is 0.344. The van der Waals surface area contributed by atoms with E-state index in [0.29, 0.717) is 10.7 Å². The van der Waals surface area contributed by atoms with Gasteiger partial charge in [0.25, 0.3) is 15.9 Å². The fraction of sp³-hybridized carbons (Fsp3) is 0.0909. The van der Waals surface area contributed by atoms with Crippen molar-refractivity contribution in [3.63, 3.8) is 0 Å². The van der Waals surface area contributed by atoms with Crippen molar-refractivity contribution >= 4 is 50.2 Å².